The molecule has 0 aromatic carbocycles. The van der Waals surface area contributed by atoms with E-state index in [1.54, 1.807) is 0 Å². The third kappa shape index (κ3) is 7.33. The van der Waals surface area contributed by atoms with E-state index in [0.717, 1.165) is 6.54 Å². The first-order chi connectivity index (χ1) is 7.82. The van der Waals surface area contributed by atoms with E-state index in [-0.39, 0.29) is 29.9 Å². The smallest absolute Gasteiger partial charge is 0.306 e. The maximum absolute atomic E-state index is 11.8. The van der Waals surface area contributed by atoms with Gasteiger partial charge in [-0.3, -0.25) is 4.79 Å². The van der Waals surface area contributed by atoms with E-state index in [1.807, 2.05) is 20.8 Å². The fraction of sp³-hybridized carbons (Fsp3) is 0.909. The number of carbonyl (C=O) groups is 1. The van der Waals surface area contributed by atoms with Crippen LogP contribution < -0.4 is 5.32 Å². The molecule has 0 saturated carbocycles. The van der Waals surface area contributed by atoms with Crippen molar-refractivity contribution in [2.75, 3.05) is 25.2 Å². The Hall–Kier alpha value is -0.620. The van der Waals surface area contributed by atoms with Crippen molar-refractivity contribution >= 4 is 15.8 Å². The van der Waals surface area contributed by atoms with Crippen molar-refractivity contribution in [3.05, 3.63) is 0 Å². The second-order valence-corrected chi connectivity index (χ2v) is 6.58. The van der Waals surface area contributed by atoms with Gasteiger partial charge in [0.1, 0.15) is 0 Å². The van der Waals surface area contributed by atoms with Crippen LogP contribution in [0.25, 0.3) is 0 Å². The molecule has 0 aliphatic rings. The van der Waals surface area contributed by atoms with E-state index in [9.17, 15) is 13.2 Å². The summed E-state index contributed by atoms with van der Waals surface area (Å²) in [7, 11) is -1.96. The Bertz CT molecular complexity index is 324. The molecule has 0 radical (unpaired) electrons. The number of sulfone groups is 1. The first-order valence-electron chi connectivity index (χ1n) is 5.83. The molecule has 17 heavy (non-hydrogen) atoms. The van der Waals surface area contributed by atoms with Crippen LogP contribution >= 0.6 is 0 Å². The predicted octanol–water partition coefficient (Wildman–Crippen LogP) is 0.598. The van der Waals surface area contributed by atoms with E-state index in [1.165, 1.54) is 7.11 Å². The quantitative estimate of drug-likeness (QED) is 0.651. The van der Waals surface area contributed by atoms with Crippen molar-refractivity contribution in [1.29, 1.82) is 0 Å². The third-order valence-corrected chi connectivity index (χ3v) is 4.24. The molecule has 0 aliphatic carbocycles. The van der Waals surface area contributed by atoms with Gasteiger partial charge in [-0.25, -0.2) is 8.42 Å². The van der Waals surface area contributed by atoms with Gasteiger partial charge in [-0.15, -0.1) is 0 Å². The summed E-state index contributed by atoms with van der Waals surface area (Å²) in [5.74, 6) is -0.329. The number of esters is 1. The third-order valence-electron chi connectivity index (χ3n) is 2.55. The van der Waals surface area contributed by atoms with E-state index in [0.29, 0.717) is 0 Å². The Morgan fingerprint density at radius 3 is 2.35 bits per heavy atom. The minimum absolute atomic E-state index is 0.0650. The Balaban J connectivity index is 4.35. The summed E-state index contributed by atoms with van der Waals surface area (Å²) >= 11 is 0. The normalized spacial score (nSPS) is 13.7. The number of hydrogen-bond acceptors (Lipinski definition) is 5. The fourth-order valence-electron chi connectivity index (χ4n) is 1.45. The van der Waals surface area contributed by atoms with Gasteiger partial charge in [0.05, 0.1) is 25.0 Å². The SMILES string of the molecule is CCNC(CS(=O)(=O)CCC(=O)OC)C(C)C. The van der Waals surface area contributed by atoms with Gasteiger partial charge >= 0.3 is 5.97 Å². The zero-order valence-electron chi connectivity index (χ0n) is 11.0. The number of nitrogens with one attached hydrogen (secondary N) is 1. The first kappa shape index (κ1) is 16.4. The average molecular weight is 265 g/mol. The van der Waals surface area contributed by atoms with E-state index in [2.05, 4.69) is 10.1 Å². The van der Waals surface area contributed by atoms with Crippen LogP contribution in [0.3, 0.4) is 0 Å². The zero-order chi connectivity index (χ0) is 13.5. The molecule has 1 N–H and O–H groups in total. The summed E-state index contributed by atoms with van der Waals surface area (Å²) < 4.78 is 28.0. The highest BCUT2D eigenvalue weighted by Gasteiger charge is 2.22. The van der Waals surface area contributed by atoms with Crippen LogP contribution in [0.4, 0.5) is 0 Å². The average Bonchev–Trinajstić information content (AvgIpc) is 2.25. The molecule has 0 bridgehead atoms. The monoisotopic (exact) mass is 265 g/mol. The van der Waals surface area contributed by atoms with E-state index >= 15 is 0 Å². The highest BCUT2D eigenvalue weighted by molar-refractivity contribution is 7.91. The lowest BCUT2D eigenvalue weighted by atomic mass is 10.1. The van der Waals surface area contributed by atoms with Crippen LogP contribution in [-0.2, 0) is 19.4 Å². The molecule has 0 heterocycles. The van der Waals surface area contributed by atoms with Crippen LogP contribution in [0.1, 0.15) is 27.2 Å². The van der Waals surface area contributed by atoms with Gasteiger partial charge in [0, 0.05) is 6.04 Å². The number of methoxy groups -OCH3 is 1. The number of hydrogen-bond donors (Lipinski definition) is 1. The Labute approximate surface area is 104 Å². The van der Waals surface area contributed by atoms with Gasteiger partial charge < -0.3 is 10.1 Å². The van der Waals surface area contributed by atoms with Crippen LogP contribution in [0.15, 0.2) is 0 Å². The van der Waals surface area contributed by atoms with Gasteiger partial charge in [0.2, 0.25) is 0 Å². The summed E-state index contributed by atoms with van der Waals surface area (Å²) in [4.78, 5) is 10.9. The van der Waals surface area contributed by atoms with Crippen LogP contribution in [-0.4, -0.2) is 45.6 Å². The molecule has 0 fully saturated rings. The Kier molecular flexibility index (Phi) is 7.38. The molecule has 0 aliphatic heterocycles. The molecule has 6 heteroatoms. The molecular formula is C11H23NO4S. The highest BCUT2D eigenvalue weighted by atomic mass is 32.2. The van der Waals surface area contributed by atoms with Crippen LogP contribution in [0.5, 0.6) is 0 Å². The zero-order valence-corrected chi connectivity index (χ0v) is 11.8. The van der Waals surface area contributed by atoms with Crippen molar-refractivity contribution in [2.45, 2.75) is 33.2 Å². The van der Waals surface area contributed by atoms with Gasteiger partial charge in [-0.2, -0.15) is 0 Å². The lowest BCUT2D eigenvalue weighted by Gasteiger charge is -2.21. The van der Waals surface area contributed by atoms with Gasteiger partial charge in [-0.05, 0) is 12.5 Å². The van der Waals surface area contributed by atoms with E-state index in [4.69, 9.17) is 0 Å². The predicted molar refractivity (Wildman–Crippen MR) is 67.6 cm³/mol. The van der Waals surface area contributed by atoms with Crippen molar-refractivity contribution < 1.29 is 17.9 Å². The first-order valence-corrected chi connectivity index (χ1v) is 7.65. The lowest BCUT2D eigenvalue weighted by Crippen LogP contribution is -2.40. The molecule has 0 rings (SSSR count). The summed E-state index contributed by atoms with van der Waals surface area (Å²) in [6.45, 7) is 6.62. The second-order valence-electron chi connectivity index (χ2n) is 4.35. The van der Waals surface area contributed by atoms with E-state index < -0.39 is 15.8 Å². The number of carbonyl (C=O) groups excluding carboxylic acids is 1. The van der Waals surface area contributed by atoms with Gasteiger partial charge in [-0.1, -0.05) is 20.8 Å². The molecule has 0 aromatic rings. The molecule has 0 aromatic heterocycles. The minimum Gasteiger partial charge on any atom is -0.469 e. The largest absolute Gasteiger partial charge is 0.469 e. The second kappa shape index (κ2) is 7.66. The fourth-order valence-corrected chi connectivity index (χ4v) is 3.14. The maximum Gasteiger partial charge on any atom is 0.306 e. The minimum atomic E-state index is -3.22. The molecular weight excluding hydrogens is 242 g/mol. The number of rotatable bonds is 8. The molecule has 1 atom stereocenters. The van der Waals surface area contributed by atoms with Gasteiger partial charge in [0.25, 0.3) is 0 Å². The molecule has 0 saturated heterocycles. The highest BCUT2D eigenvalue weighted by Crippen LogP contribution is 2.07. The van der Waals surface area contributed by atoms with Crippen molar-refractivity contribution in [3.63, 3.8) is 0 Å². The Morgan fingerprint density at radius 1 is 1.35 bits per heavy atom. The van der Waals surface area contributed by atoms with Gasteiger partial charge in [0.15, 0.2) is 9.84 Å². The van der Waals surface area contributed by atoms with Crippen molar-refractivity contribution in [1.82, 2.24) is 5.32 Å². The number of ether oxygens (including phenoxy) is 1. The summed E-state index contributed by atoms with van der Waals surface area (Å²) in [5.41, 5.74) is 0. The molecule has 0 amide bonds. The summed E-state index contributed by atoms with van der Waals surface area (Å²) in [6, 6.07) is -0.0670. The topological polar surface area (TPSA) is 72.5 Å². The molecule has 5 nitrogen and oxygen atoms in total. The standard InChI is InChI=1S/C11H23NO4S/c1-5-12-10(9(2)3)8-17(14,15)7-6-11(13)16-4/h9-10,12H,5-8H2,1-4H3. The van der Waals surface area contributed by atoms with Crippen molar-refractivity contribution in [3.8, 4) is 0 Å². The summed E-state index contributed by atoms with van der Waals surface area (Å²) in [5, 5.41) is 3.14. The van der Waals surface area contributed by atoms with Crippen LogP contribution in [0.2, 0.25) is 0 Å². The van der Waals surface area contributed by atoms with Crippen LogP contribution in [0, 0.1) is 5.92 Å². The molecule has 102 valence electrons. The van der Waals surface area contributed by atoms with Crippen molar-refractivity contribution in [2.24, 2.45) is 5.92 Å². The Morgan fingerprint density at radius 2 is 1.94 bits per heavy atom. The lowest BCUT2D eigenvalue weighted by molar-refractivity contribution is -0.140. The molecule has 0 spiro atoms. The molecule has 1 unspecified atom stereocenters. The summed E-state index contributed by atoms with van der Waals surface area (Å²) in [6.07, 6.45) is -0.0736. The maximum atomic E-state index is 11.8.